The van der Waals surface area contributed by atoms with E-state index in [0.717, 1.165) is 37.7 Å². The third kappa shape index (κ3) is 5.72. The minimum Gasteiger partial charge on any atom is -0.484 e. The summed E-state index contributed by atoms with van der Waals surface area (Å²) >= 11 is 5.86. The van der Waals surface area contributed by atoms with Crippen LogP contribution in [0.25, 0.3) is 0 Å². The molecule has 0 saturated carbocycles. The Balaban J connectivity index is 1.48. The molecule has 1 aromatic carbocycles. The Morgan fingerprint density at radius 2 is 1.93 bits per heavy atom. The molecule has 2 heterocycles. The minimum atomic E-state index is -0.0443. The van der Waals surface area contributed by atoms with E-state index in [9.17, 15) is 4.79 Å². The van der Waals surface area contributed by atoms with Gasteiger partial charge in [0.15, 0.2) is 6.61 Å². The van der Waals surface area contributed by atoms with Gasteiger partial charge in [-0.1, -0.05) is 32.4 Å². The lowest BCUT2D eigenvalue weighted by atomic mass is 9.94. The molecule has 0 atom stereocenters. The summed E-state index contributed by atoms with van der Waals surface area (Å²) in [5.41, 5.74) is -0.0443. The van der Waals surface area contributed by atoms with Crippen LogP contribution in [0.1, 0.15) is 38.8 Å². The van der Waals surface area contributed by atoms with E-state index in [0.29, 0.717) is 23.9 Å². The Kier molecular flexibility index (Phi) is 6.62. The number of halogens is 1. The van der Waals surface area contributed by atoms with Gasteiger partial charge in [-0.2, -0.15) is 0 Å². The average molecular weight is 406 g/mol. The van der Waals surface area contributed by atoms with E-state index < -0.39 is 0 Å². The Hall–Kier alpha value is -2.05. The van der Waals surface area contributed by atoms with Crippen molar-refractivity contribution >= 4 is 17.5 Å². The number of carbonyl (C=O) groups is 1. The Morgan fingerprint density at radius 1 is 1.18 bits per heavy atom. The zero-order valence-electron chi connectivity index (χ0n) is 16.8. The lowest BCUT2D eigenvalue weighted by Crippen LogP contribution is -2.38. The van der Waals surface area contributed by atoms with Crippen LogP contribution in [0, 0.1) is 0 Å². The number of nitrogens with zero attached hydrogens (tertiary/aromatic N) is 3. The van der Waals surface area contributed by atoms with Crippen molar-refractivity contribution in [2.45, 2.75) is 39.2 Å². The molecule has 0 radical (unpaired) electrons. The highest BCUT2D eigenvalue weighted by Crippen LogP contribution is 2.23. The molecule has 7 heteroatoms. The molecule has 3 rings (SSSR count). The first-order valence-electron chi connectivity index (χ1n) is 9.65. The van der Waals surface area contributed by atoms with Crippen LogP contribution in [0.5, 0.6) is 5.75 Å². The summed E-state index contributed by atoms with van der Waals surface area (Å²) in [4.78, 5) is 21.1. The predicted molar refractivity (Wildman–Crippen MR) is 109 cm³/mol. The zero-order chi connectivity index (χ0) is 20.1. The predicted octanol–water partition coefficient (Wildman–Crippen LogP) is 3.74. The molecule has 1 saturated heterocycles. The third-order valence-corrected chi connectivity index (χ3v) is 5.02. The van der Waals surface area contributed by atoms with Gasteiger partial charge in [-0.3, -0.25) is 9.69 Å². The van der Waals surface area contributed by atoms with Crippen molar-refractivity contribution < 1.29 is 13.9 Å². The summed E-state index contributed by atoms with van der Waals surface area (Å²) in [5, 5.41) is 0.645. The molecule has 6 nitrogen and oxygen atoms in total. The number of hydrogen-bond acceptors (Lipinski definition) is 5. The van der Waals surface area contributed by atoms with Gasteiger partial charge in [0, 0.05) is 36.6 Å². The highest BCUT2D eigenvalue weighted by molar-refractivity contribution is 6.30. The van der Waals surface area contributed by atoms with Gasteiger partial charge in [0.2, 0.25) is 5.89 Å². The molecule has 1 amide bonds. The Bertz CT molecular complexity index is 783. The van der Waals surface area contributed by atoms with Crippen LogP contribution < -0.4 is 4.74 Å². The molecule has 0 spiro atoms. The van der Waals surface area contributed by atoms with Gasteiger partial charge in [-0.05, 0) is 30.7 Å². The van der Waals surface area contributed by atoms with E-state index in [4.69, 9.17) is 20.8 Å². The summed E-state index contributed by atoms with van der Waals surface area (Å²) in [6.07, 6.45) is 2.73. The van der Waals surface area contributed by atoms with Crippen LogP contribution in [0.4, 0.5) is 0 Å². The van der Waals surface area contributed by atoms with Crippen molar-refractivity contribution in [2.24, 2.45) is 0 Å². The van der Waals surface area contributed by atoms with Crippen LogP contribution in [0.15, 0.2) is 34.9 Å². The van der Waals surface area contributed by atoms with Crippen LogP contribution in [0.2, 0.25) is 5.02 Å². The van der Waals surface area contributed by atoms with Gasteiger partial charge in [-0.15, -0.1) is 0 Å². The van der Waals surface area contributed by atoms with Crippen LogP contribution in [-0.4, -0.2) is 53.5 Å². The normalized spacial score (nSPS) is 16.1. The zero-order valence-corrected chi connectivity index (χ0v) is 17.5. The van der Waals surface area contributed by atoms with E-state index in [1.54, 1.807) is 24.3 Å². The highest BCUT2D eigenvalue weighted by Gasteiger charge is 2.23. The van der Waals surface area contributed by atoms with Crippen molar-refractivity contribution in [3.8, 4) is 5.75 Å². The fraction of sp³-hybridized carbons (Fsp3) is 0.524. The van der Waals surface area contributed by atoms with E-state index in [1.165, 1.54) is 0 Å². The molecule has 1 fully saturated rings. The molecule has 152 valence electrons. The van der Waals surface area contributed by atoms with Crippen molar-refractivity contribution in [1.29, 1.82) is 0 Å². The van der Waals surface area contributed by atoms with Gasteiger partial charge in [0.1, 0.15) is 11.5 Å². The fourth-order valence-electron chi connectivity index (χ4n) is 3.07. The molecule has 0 N–H and O–H groups in total. The molecular weight excluding hydrogens is 378 g/mol. The topological polar surface area (TPSA) is 58.8 Å². The molecule has 2 aromatic rings. The quantitative estimate of drug-likeness (QED) is 0.758. The smallest absolute Gasteiger partial charge is 0.260 e. The summed E-state index contributed by atoms with van der Waals surface area (Å²) in [7, 11) is 0. The number of amides is 1. The molecule has 1 aliphatic heterocycles. The van der Waals surface area contributed by atoms with Crippen molar-refractivity contribution in [1.82, 2.24) is 14.8 Å². The first kappa shape index (κ1) is 20.7. The van der Waals surface area contributed by atoms with Gasteiger partial charge in [-0.25, -0.2) is 4.98 Å². The van der Waals surface area contributed by atoms with Gasteiger partial charge in [0.25, 0.3) is 5.91 Å². The number of rotatable bonds is 5. The number of oxazole rings is 1. The summed E-state index contributed by atoms with van der Waals surface area (Å²) in [5.74, 6) is 2.28. The van der Waals surface area contributed by atoms with Crippen LogP contribution in [-0.2, 0) is 16.8 Å². The molecule has 1 aliphatic rings. The summed E-state index contributed by atoms with van der Waals surface area (Å²) in [6.45, 7) is 10.1. The lowest BCUT2D eigenvalue weighted by Gasteiger charge is -2.21. The average Bonchev–Trinajstić information content (AvgIpc) is 3.00. The number of carbonyl (C=O) groups excluding carboxylic acids is 1. The first-order chi connectivity index (χ1) is 13.3. The fourth-order valence-corrected chi connectivity index (χ4v) is 3.19. The van der Waals surface area contributed by atoms with Crippen molar-refractivity contribution in [3.05, 3.63) is 47.1 Å². The summed E-state index contributed by atoms with van der Waals surface area (Å²) in [6, 6.07) is 7.03. The minimum absolute atomic E-state index is 0.00272. The molecule has 0 bridgehead atoms. The molecular formula is C21H28ClN3O3. The molecule has 0 unspecified atom stereocenters. The van der Waals surface area contributed by atoms with Crippen molar-refractivity contribution in [2.75, 3.05) is 32.8 Å². The molecule has 0 aliphatic carbocycles. The standard InChI is InChI=1S/C21H28ClN3O3/c1-21(2,3)18-13-23-19(28-18)14-24-9-4-10-25(12-11-24)20(26)15-27-17-7-5-16(22)6-8-17/h5-8,13H,4,9-12,14-15H2,1-3H3. The third-order valence-electron chi connectivity index (χ3n) is 4.77. The van der Waals surface area contributed by atoms with E-state index >= 15 is 0 Å². The Morgan fingerprint density at radius 3 is 2.61 bits per heavy atom. The number of hydrogen-bond donors (Lipinski definition) is 0. The van der Waals surface area contributed by atoms with Crippen LogP contribution >= 0.6 is 11.6 Å². The van der Waals surface area contributed by atoms with Gasteiger partial charge < -0.3 is 14.1 Å². The molecule has 28 heavy (non-hydrogen) atoms. The number of benzene rings is 1. The second-order valence-electron chi connectivity index (χ2n) is 8.12. The monoisotopic (exact) mass is 405 g/mol. The van der Waals surface area contributed by atoms with Gasteiger partial charge >= 0.3 is 0 Å². The SMILES string of the molecule is CC(C)(C)c1cnc(CN2CCCN(C(=O)COc3ccc(Cl)cc3)CC2)o1. The lowest BCUT2D eigenvalue weighted by molar-refractivity contribution is -0.133. The number of aromatic nitrogens is 1. The van der Waals surface area contributed by atoms with E-state index in [1.807, 2.05) is 11.1 Å². The maximum absolute atomic E-state index is 12.5. The second kappa shape index (κ2) is 8.97. The van der Waals surface area contributed by atoms with E-state index in [2.05, 4.69) is 30.7 Å². The first-order valence-corrected chi connectivity index (χ1v) is 10.0. The van der Waals surface area contributed by atoms with Crippen LogP contribution in [0.3, 0.4) is 0 Å². The number of ether oxygens (including phenoxy) is 1. The highest BCUT2D eigenvalue weighted by atomic mass is 35.5. The Labute approximate surface area is 171 Å². The maximum Gasteiger partial charge on any atom is 0.260 e. The molecule has 1 aromatic heterocycles. The maximum atomic E-state index is 12.5. The van der Waals surface area contributed by atoms with Crippen molar-refractivity contribution in [3.63, 3.8) is 0 Å². The summed E-state index contributed by atoms with van der Waals surface area (Å²) < 4.78 is 11.5. The second-order valence-corrected chi connectivity index (χ2v) is 8.56. The largest absolute Gasteiger partial charge is 0.484 e. The van der Waals surface area contributed by atoms with Gasteiger partial charge in [0.05, 0.1) is 12.7 Å². The van der Waals surface area contributed by atoms with E-state index in [-0.39, 0.29) is 17.9 Å².